The second-order valence-corrected chi connectivity index (χ2v) is 6.47. The van der Waals surface area contributed by atoms with Gasteiger partial charge in [-0.3, -0.25) is 5.32 Å². The summed E-state index contributed by atoms with van der Waals surface area (Å²) >= 11 is 0. The van der Waals surface area contributed by atoms with Gasteiger partial charge in [0.1, 0.15) is 17.1 Å². The number of nitrogens with one attached hydrogen (secondary N) is 1. The molecule has 2 aromatic rings. The molecule has 0 unspecified atom stereocenters. The van der Waals surface area contributed by atoms with Crippen LogP contribution in [0.5, 0.6) is 11.5 Å². The fourth-order valence-corrected chi connectivity index (χ4v) is 2.11. The molecule has 0 aliphatic carbocycles. The van der Waals surface area contributed by atoms with Crippen molar-refractivity contribution in [2.75, 3.05) is 5.32 Å². The molecule has 0 aliphatic rings. The normalized spacial score (nSPS) is 11.8. The second kappa shape index (κ2) is 7.15. The molecule has 2 N–H and O–H groups in total. The number of ether oxygens (including phenoxy) is 2. The van der Waals surface area contributed by atoms with Gasteiger partial charge in [0.2, 0.25) is 0 Å². The molecule has 8 heteroatoms. The van der Waals surface area contributed by atoms with Crippen molar-refractivity contribution < 1.29 is 32.5 Å². The van der Waals surface area contributed by atoms with Gasteiger partial charge in [-0.15, -0.1) is 13.2 Å². The van der Waals surface area contributed by atoms with E-state index in [4.69, 9.17) is 4.74 Å². The van der Waals surface area contributed by atoms with Crippen molar-refractivity contribution in [1.82, 2.24) is 0 Å². The number of hydrogen-bond acceptors (Lipinski definition) is 4. The molecule has 1 amide bonds. The van der Waals surface area contributed by atoms with E-state index in [0.717, 1.165) is 12.1 Å². The lowest BCUT2D eigenvalue weighted by molar-refractivity contribution is -0.274. The maximum Gasteiger partial charge on any atom is 0.573 e. The largest absolute Gasteiger partial charge is 0.573 e. The summed E-state index contributed by atoms with van der Waals surface area (Å²) < 4.78 is 46.0. The molecule has 0 aliphatic heterocycles. The number of halogens is 3. The van der Waals surface area contributed by atoms with Gasteiger partial charge in [0.05, 0.1) is 0 Å². The van der Waals surface area contributed by atoms with Crippen LogP contribution in [0.1, 0.15) is 20.8 Å². The molecule has 5 nitrogen and oxygen atoms in total. The molecule has 0 fully saturated rings. The lowest BCUT2D eigenvalue weighted by Gasteiger charge is -2.19. The molecular weight excluding hydrogens is 351 g/mol. The molecule has 2 rings (SSSR count). The van der Waals surface area contributed by atoms with Crippen molar-refractivity contribution in [3.63, 3.8) is 0 Å². The van der Waals surface area contributed by atoms with Crippen LogP contribution in [0, 0.1) is 0 Å². The maximum absolute atomic E-state index is 12.3. The lowest BCUT2D eigenvalue weighted by Crippen LogP contribution is -2.27. The van der Waals surface area contributed by atoms with Crippen molar-refractivity contribution in [3.8, 4) is 22.6 Å². The van der Waals surface area contributed by atoms with Gasteiger partial charge in [-0.2, -0.15) is 0 Å². The Labute approximate surface area is 148 Å². The van der Waals surface area contributed by atoms with Gasteiger partial charge >= 0.3 is 12.5 Å². The predicted octanol–water partition coefficient (Wildman–Crippen LogP) is 5.30. The van der Waals surface area contributed by atoms with Crippen LogP contribution < -0.4 is 10.1 Å². The highest BCUT2D eigenvalue weighted by Crippen LogP contribution is 2.32. The molecule has 0 aromatic heterocycles. The molecule has 140 valence electrons. The first-order valence-electron chi connectivity index (χ1n) is 7.61. The average molecular weight is 369 g/mol. The Hall–Kier alpha value is -2.90. The van der Waals surface area contributed by atoms with E-state index in [-0.39, 0.29) is 5.75 Å². The number of carbonyl (C=O) groups excluding carboxylic acids is 1. The van der Waals surface area contributed by atoms with Crippen LogP contribution in [-0.2, 0) is 4.74 Å². The molecule has 0 atom stereocenters. The fraction of sp³-hybridized carbons (Fsp3) is 0.278. The van der Waals surface area contributed by atoms with Gasteiger partial charge in [-0.25, -0.2) is 4.79 Å². The monoisotopic (exact) mass is 369 g/mol. The van der Waals surface area contributed by atoms with E-state index in [9.17, 15) is 23.1 Å². The highest BCUT2D eigenvalue weighted by Gasteiger charge is 2.31. The van der Waals surface area contributed by atoms with E-state index in [1.54, 1.807) is 45.0 Å². The molecule has 2 aromatic carbocycles. The standard InChI is InChI=1S/C18H18F3NO4/c1-17(2,3)26-16(24)22-13-6-4-11(5-7-13)12-8-14(23)10-15(9-12)25-18(19,20)21/h4-10,23H,1-3H3,(H,22,24). The SMILES string of the molecule is CC(C)(C)OC(=O)Nc1ccc(-c2cc(O)cc(OC(F)(F)F)c2)cc1. The number of aromatic hydroxyl groups is 1. The topological polar surface area (TPSA) is 67.8 Å². The number of carbonyl (C=O) groups is 1. The van der Waals surface area contributed by atoms with Crippen molar-refractivity contribution in [2.24, 2.45) is 0 Å². The molecule has 0 heterocycles. The number of phenols is 1. The third kappa shape index (κ3) is 6.19. The van der Waals surface area contributed by atoms with Crippen molar-refractivity contribution in [1.29, 1.82) is 0 Å². The predicted molar refractivity (Wildman–Crippen MR) is 90.1 cm³/mol. The zero-order valence-electron chi connectivity index (χ0n) is 14.3. The number of hydrogen-bond donors (Lipinski definition) is 2. The molecular formula is C18H18F3NO4. The van der Waals surface area contributed by atoms with Gasteiger partial charge < -0.3 is 14.6 Å². The molecule has 0 saturated carbocycles. The zero-order chi connectivity index (χ0) is 19.5. The molecule has 0 saturated heterocycles. The van der Waals surface area contributed by atoms with E-state index in [1.165, 1.54) is 6.07 Å². The van der Waals surface area contributed by atoms with E-state index >= 15 is 0 Å². The van der Waals surface area contributed by atoms with Crippen LogP contribution in [-0.4, -0.2) is 23.2 Å². The first-order chi connectivity index (χ1) is 11.9. The van der Waals surface area contributed by atoms with Crippen molar-refractivity contribution in [2.45, 2.75) is 32.7 Å². The Morgan fingerprint density at radius 2 is 1.62 bits per heavy atom. The van der Waals surface area contributed by atoms with Gasteiger partial charge in [-0.1, -0.05) is 12.1 Å². The first kappa shape index (κ1) is 19.4. The smallest absolute Gasteiger partial charge is 0.508 e. The van der Waals surface area contributed by atoms with Gasteiger partial charge in [0.25, 0.3) is 0 Å². The highest BCUT2D eigenvalue weighted by atomic mass is 19.4. The fourth-order valence-electron chi connectivity index (χ4n) is 2.11. The summed E-state index contributed by atoms with van der Waals surface area (Å²) in [5, 5.41) is 12.2. The Kier molecular flexibility index (Phi) is 5.34. The Morgan fingerprint density at radius 3 is 2.15 bits per heavy atom. The molecule has 0 bridgehead atoms. The summed E-state index contributed by atoms with van der Waals surface area (Å²) in [5.74, 6) is -0.888. The number of phenolic OH excluding ortho intramolecular Hbond substituents is 1. The van der Waals surface area contributed by atoms with Crippen LogP contribution in [0.3, 0.4) is 0 Å². The Morgan fingerprint density at radius 1 is 1.00 bits per heavy atom. The third-order valence-electron chi connectivity index (χ3n) is 2.99. The van der Waals surface area contributed by atoms with E-state index < -0.39 is 23.8 Å². The summed E-state index contributed by atoms with van der Waals surface area (Å²) in [6, 6.07) is 9.62. The Balaban J connectivity index is 2.16. The summed E-state index contributed by atoms with van der Waals surface area (Å²) in [6.07, 6.45) is -5.48. The minimum absolute atomic E-state index is 0.327. The number of alkyl halides is 3. The van der Waals surface area contributed by atoms with Gasteiger partial charge in [0, 0.05) is 11.8 Å². The van der Waals surface area contributed by atoms with Crippen LogP contribution >= 0.6 is 0 Å². The minimum atomic E-state index is -4.85. The van der Waals surface area contributed by atoms with Gasteiger partial charge in [-0.05, 0) is 56.2 Å². The zero-order valence-corrected chi connectivity index (χ0v) is 14.3. The van der Waals surface area contributed by atoms with Crippen LogP contribution in [0.2, 0.25) is 0 Å². The Bertz CT molecular complexity index is 781. The molecule has 0 radical (unpaired) electrons. The second-order valence-electron chi connectivity index (χ2n) is 6.47. The number of amides is 1. The van der Waals surface area contributed by atoms with Crippen LogP contribution in [0.4, 0.5) is 23.7 Å². The number of rotatable bonds is 3. The third-order valence-corrected chi connectivity index (χ3v) is 2.99. The number of benzene rings is 2. The molecule has 0 spiro atoms. The van der Waals surface area contributed by atoms with Crippen molar-refractivity contribution >= 4 is 11.8 Å². The lowest BCUT2D eigenvalue weighted by atomic mass is 10.0. The van der Waals surface area contributed by atoms with E-state index in [1.807, 2.05) is 0 Å². The highest BCUT2D eigenvalue weighted by molar-refractivity contribution is 5.85. The van der Waals surface area contributed by atoms with E-state index in [2.05, 4.69) is 10.1 Å². The number of anilines is 1. The first-order valence-corrected chi connectivity index (χ1v) is 7.61. The summed E-state index contributed by atoms with van der Waals surface area (Å²) in [6.45, 7) is 5.20. The average Bonchev–Trinajstić information content (AvgIpc) is 2.43. The van der Waals surface area contributed by atoms with Crippen molar-refractivity contribution in [3.05, 3.63) is 42.5 Å². The minimum Gasteiger partial charge on any atom is -0.508 e. The van der Waals surface area contributed by atoms with Crippen LogP contribution in [0.15, 0.2) is 42.5 Å². The maximum atomic E-state index is 12.3. The molecule has 26 heavy (non-hydrogen) atoms. The summed E-state index contributed by atoms with van der Waals surface area (Å²) in [4.78, 5) is 11.7. The van der Waals surface area contributed by atoms with Gasteiger partial charge in [0.15, 0.2) is 0 Å². The van der Waals surface area contributed by atoms with E-state index in [0.29, 0.717) is 16.8 Å². The quantitative estimate of drug-likeness (QED) is 0.770. The summed E-state index contributed by atoms with van der Waals surface area (Å²) in [7, 11) is 0. The summed E-state index contributed by atoms with van der Waals surface area (Å²) in [5.41, 5.74) is 0.672. The van der Waals surface area contributed by atoms with Crippen LogP contribution in [0.25, 0.3) is 11.1 Å².